The first-order valence-corrected chi connectivity index (χ1v) is 8.80. The number of nitrogens with one attached hydrogen (secondary N) is 2. The molecule has 1 saturated carbocycles. The number of carbonyl (C=O) groups is 2. The number of nitrogens with zero attached hydrogens (tertiary/aromatic N) is 2. The topological polar surface area (TPSA) is 75.5 Å². The molecule has 0 atom stereocenters. The number of benzene rings is 1. The van der Waals surface area contributed by atoms with Gasteiger partial charge in [0.15, 0.2) is 5.69 Å². The van der Waals surface area contributed by atoms with Crippen LogP contribution in [0.25, 0.3) is 5.52 Å². The van der Waals surface area contributed by atoms with Gasteiger partial charge >= 0.3 is 0 Å². The Morgan fingerprint density at radius 2 is 1.88 bits per heavy atom. The monoisotopic (exact) mass is 368 g/mol. The number of pyridine rings is 1. The average molecular weight is 369 g/mol. The highest BCUT2D eigenvalue weighted by Gasteiger charge is 2.27. The van der Waals surface area contributed by atoms with Crippen molar-refractivity contribution in [1.82, 2.24) is 20.0 Å². The van der Waals surface area contributed by atoms with E-state index < -0.39 is 0 Å². The molecule has 0 bridgehead atoms. The zero-order valence-corrected chi connectivity index (χ0v) is 14.7. The summed E-state index contributed by atoms with van der Waals surface area (Å²) in [5.74, 6) is -0.393. The summed E-state index contributed by atoms with van der Waals surface area (Å²) in [5, 5.41) is 6.40. The fraction of sp³-hybridized carbons (Fsp3) is 0.211. The van der Waals surface area contributed by atoms with Crippen LogP contribution in [0.1, 0.15) is 39.5 Å². The van der Waals surface area contributed by atoms with Gasteiger partial charge in [0.05, 0.1) is 5.52 Å². The smallest absolute Gasteiger partial charge is 0.287 e. The predicted octanol–water partition coefficient (Wildman–Crippen LogP) is 2.81. The number of hydrogen-bond donors (Lipinski definition) is 2. The Balaban J connectivity index is 1.57. The van der Waals surface area contributed by atoms with Crippen LogP contribution in [0.4, 0.5) is 0 Å². The average Bonchev–Trinajstić information content (AvgIpc) is 3.38. The van der Waals surface area contributed by atoms with Crippen LogP contribution in [0.3, 0.4) is 0 Å². The van der Waals surface area contributed by atoms with Crippen molar-refractivity contribution < 1.29 is 9.59 Å². The summed E-state index contributed by atoms with van der Waals surface area (Å²) < 4.78 is 1.64. The van der Waals surface area contributed by atoms with Gasteiger partial charge < -0.3 is 10.6 Å². The number of carbonyl (C=O) groups excluding carboxylic acids is 2. The van der Waals surface area contributed by atoms with E-state index >= 15 is 0 Å². The first kappa shape index (κ1) is 16.6. The third kappa shape index (κ3) is 3.41. The summed E-state index contributed by atoms with van der Waals surface area (Å²) in [4.78, 5) is 29.4. The zero-order valence-electron chi connectivity index (χ0n) is 13.9. The van der Waals surface area contributed by atoms with Crippen molar-refractivity contribution in [3.63, 3.8) is 0 Å². The van der Waals surface area contributed by atoms with Crippen LogP contribution in [0, 0.1) is 0 Å². The molecule has 3 aromatic rings. The number of fused-ring (bicyclic) bond motifs is 1. The largest absolute Gasteiger partial charge is 0.348 e. The molecule has 0 saturated heterocycles. The number of hydrogen-bond acceptors (Lipinski definition) is 3. The summed E-state index contributed by atoms with van der Waals surface area (Å²) in [6.07, 6.45) is 3.71. The molecular weight excluding hydrogens is 352 g/mol. The normalized spacial score (nSPS) is 13.6. The van der Waals surface area contributed by atoms with Gasteiger partial charge in [-0.3, -0.25) is 14.0 Å². The van der Waals surface area contributed by atoms with Crippen molar-refractivity contribution in [3.05, 3.63) is 70.8 Å². The molecule has 2 N–H and O–H groups in total. The highest BCUT2D eigenvalue weighted by Crippen LogP contribution is 2.20. The maximum absolute atomic E-state index is 12.6. The SMILES string of the molecule is O=C(NC1CC1)c1nc(C(=O)NCc2ccc(Cl)cc2)n2ccccc12. The Hall–Kier alpha value is -2.86. The summed E-state index contributed by atoms with van der Waals surface area (Å²) in [6.45, 7) is 0.349. The Kier molecular flexibility index (Phi) is 4.34. The van der Waals surface area contributed by atoms with Gasteiger partial charge in [-0.2, -0.15) is 0 Å². The highest BCUT2D eigenvalue weighted by molar-refractivity contribution is 6.30. The molecule has 1 aliphatic carbocycles. The second-order valence-corrected chi connectivity index (χ2v) is 6.73. The minimum atomic E-state index is -0.341. The third-order valence-electron chi connectivity index (χ3n) is 4.25. The van der Waals surface area contributed by atoms with Gasteiger partial charge in [-0.05, 0) is 42.7 Å². The van der Waals surface area contributed by atoms with Crippen molar-refractivity contribution in [2.45, 2.75) is 25.4 Å². The molecule has 0 unspecified atom stereocenters. The van der Waals surface area contributed by atoms with Crippen LogP contribution >= 0.6 is 11.6 Å². The van der Waals surface area contributed by atoms with Gasteiger partial charge in [-0.1, -0.05) is 29.8 Å². The number of halogens is 1. The zero-order chi connectivity index (χ0) is 18.1. The lowest BCUT2D eigenvalue weighted by molar-refractivity contribution is 0.0939. The molecular formula is C19H17ClN4O2. The number of imidazole rings is 1. The molecule has 0 aliphatic heterocycles. The maximum atomic E-state index is 12.6. The van der Waals surface area contributed by atoms with Crippen molar-refractivity contribution in [1.29, 1.82) is 0 Å². The van der Waals surface area contributed by atoms with Crippen LogP contribution in [0.15, 0.2) is 48.7 Å². The Labute approximate surface area is 155 Å². The standard InChI is InChI=1S/C19H17ClN4O2/c20-13-6-4-12(5-7-13)11-21-19(26)17-23-16(18(25)22-14-8-9-14)15-3-1-2-10-24(15)17/h1-7,10,14H,8-9,11H2,(H,21,26)(H,22,25). The fourth-order valence-electron chi connectivity index (χ4n) is 2.71. The summed E-state index contributed by atoms with van der Waals surface area (Å²) in [7, 11) is 0. The van der Waals surface area contributed by atoms with Gasteiger partial charge in [0, 0.05) is 23.8 Å². The molecule has 2 amide bonds. The molecule has 26 heavy (non-hydrogen) atoms. The first-order valence-electron chi connectivity index (χ1n) is 8.42. The van der Waals surface area contributed by atoms with E-state index in [9.17, 15) is 9.59 Å². The number of aromatic nitrogens is 2. The van der Waals surface area contributed by atoms with E-state index in [-0.39, 0.29) is 29.4 Å². The molecule has 6 nitrogen and oxygen atoms in total. The number of amides is 2. The molecule has 1 fully saturated rings. The van der Waals surface area contributed by atoms with Gasteiger partial charge in [0.1, 0.15) is 0 Å². The summed E-state index contributed by atoms with van der Waals surface area (Å²) in [5.41, 5.74) is 1.81. The van der Waals surface area contributed by atoms with Crippen LogP contribution in [0.2, 0.25) is 5.02 Å². The Bertz CT molecular complexity index is 977. The van der Waals surface area contributed by atoms with E-state index in [0.717, 1.165) is 18.4 Å². The third-order valence-corrected chi connectivity index (χ3v) is 4.50. The molecule has 0 radical (unpaired) electrons. The van der Waals surface area contributed by atoms with Crippen LogP contribution < -0.4 is 10.6 Å². The lowest BCUT2D eigenvalue weighted by Gasteiger charge is -2.05. The van der Waals surface area contributed by atoms with Crippen LogP contribution in [-0.4, -0.2) is 27.2 Å². The van der Waals surface area contributed by atoms with E-state index in [0.29, 0.717) is 17.1 Å². The van der Waals surface area contributed by atoms with E-state index in [1.165, 1.54) is 0 Å². The number of rotatable bonds is 5. The predicted molar refractivity (Wildman–Crippen MR) is 98.3 cm³/mol. The maximum Gasteiger partial charge on any atom is 0.287 e. The lowest BCUT2D eigenvalue weighted by atomic mass is 10.2. The van der Waals surface area contributed by atoms with Crippen molar-refractivity contribution >= 4 is 28.9 Å². The van der Waals surface area contributed by atoms with Crippen molar-refractivity contribution in [2.24, 2.45) is 0 Å². The van der Waals surface area contributed by atoms with E-state index in [4.69, 9.17) is 11.6 Å². The molecule has 1 aliphatic rings. The minimum absolute atomic E-state index is 0.190. The molecule has 4 rings (SSSR count). The van der Waals surface area contributed by atoms with Crippen molar-refractivity contribution in [2.75, 3.05) is 0 Å². The quantitative estimate of drug-likeness (QED) is 0.727. The van der Waals surface area contributed by atoms with Gasteiger partial charge in [0.25, 0.3) is 11.8 Å². The lowest BCUT2D eigenvalue weighted by Crippen LogP contribution is -2.27. The molecule has 7 heteroatoms. The van der Waals surface area contributed by atoms with Crippen LogP contribution in [-0.2, 0) is 6.54 Å². The van der Waals surface area contributed by atoms with Gasteiger partial charge in [-0.25, -0.2) is 4.98 Å². The Morgan fingerprint density at radius 3 is 2.62 bits per heavy atom. The van der Waals surface area contributed by atoms with Gasteiger partial charge in [-0.15, -0.1) is 0 Å². The summed E-state index contributed by atoms with van der Waals surface area (Å²) >= 11 is 5.87. The first-order chi connectivity index (χ1) is 12.6. The molecule has 0 spiro atoms. The van der Waals surface area contributed by atoms with E-state index in [1.807, 2.05) is 18.2 Å². The molecule has 132 valence electrons. The second kappa shape index (κ2) is 6.80. The molecule has 2 heterocycles. The van der Waals surface area contributed by atoms with Gasteiger partial charge in [0.2, 0.25) is 5.82 Å². The molecule has 2 aromatic heterocycles. The minimum Gasteiger partial charge on any atom is -0.348 e. The second-order valence-electron chi connectivity index (χ2n) is 6.30. The van der Waals surface area contributed by atoms with Crippen LogP contribution in [0.5, 0.6) is 0 Å². The Morgan fingerprint density at radius 1 is 1.12 bits per heavy atom. The fourth-order valence-corrected chi connectivity index (χ4v) is 2.84. The van der Waals surface area contributed by atoms with E-state index in [2.05, 4.69) is 15.6 Å². The molecule has 1 aromatic carbocycles. The van der Waals surface area contributed by atoms with Crippen molar-refractivity contribution in [3.8, 4) is 0 Å². The van der Waals surface area contributed by atoms with E-state index in [1.54, 1.807) is 34.9 Å². The summed E-state index contributed by atoms with van der Waals surface area (Å²) in [6, 6.07) is 12.9. The highest BCUT2D eigenvalue weighted by atomic mass is 35.5.